The topological polar surface area (TPSA) is 77.1 Å². The number of rotatable bonds is 5. The second-order valence-corrected chi connectivity index (χ2v) is 7.27. The molecule has 0 aliphatic heterocycles. The normalized spacial score (nSPS) is 11.0. The molecule has 0 amide bonds. The molecular weight excluding hydrogens is 390 g/mol. The second kappa shape index (κ2) is 7.53. The SMILES string of the molecule is COc1cccc(-n2cc3cccc(Nc4ccc(-n5cnc(C)c5)c(O)c4)c3n2)c1. The monoisotopic (exact) mass is 411 g/mol. The fourth-order valence-electron chi connectivity index (χ4n) is 3.56. The zero-order valence-corrected chi connectivity index (χ0v) is 17.1. The Morgan fingerprint density at radius 2 is 1.87 bits per heavy atom. The molecule has 0 saturated heterocycles. The van der Waals surface area contributed by atoms with Crippen LogP contribution in [-0.4, -0.2) is 31.5 Å². The number of aryl methyl sites for hydroxylation is 1. The number of nitrogens with zero attached hydrogens (tertiary/aromatic N) is 4. The van der Waals surface area contributed by atoms with E-state index in [0.717, 1.165) is 39.4 Å². The van der Waals surface area contributed by atoms with Crippen LogP contribution >= 0.6 is 0 Å². The highest BCUT2D eigenvalue weighted by Gasteiger charge is 2.10. The van der Waals surface area contributed by atoms with Crippen molar-refractivity contribution in [1.29, 1.82) is 0 Å². The summed E-state index contributed by atoms with van der Waals surface area (Å²) in [6.07, 6.45) is 5.54. The van der Waals surface area contributed by atoms with Gasteiger partial charge in [0, 0.05) is 35.6 Å². The van der Waals surface area contributed by atoms with E-state index in [2.05, 4.69) is 10.3 Å². The van der Waals surface area contributed by atoms with Gasteiger partial charge < -0.3 is 19.7 Å². The van der Waals surface area contributed by atoms with Crippen LogP contribution in [0.25, 0.3) is 22.3 Å². The van der Waals surface area contributed by atoms with Crippen molar-refractivity contribution in [2.45, 2.75) is 6.92 Å². The molecule has 0 aliphatic rings. The van der Waals surface area contributed by atoms with Crippen molar-refractivity contribution < 1.29 is 9.84 Å². The Morgan fingerprint density at radius 1 is 1.00 bits per heavy atom. The molecule has 0 bridgehead atoms. The van der Waals surface area contributed by atoms with Crippen LogP contribution in [0.15, 0.2) is 79.4 Å². The minimum Gasteiger partial charge on any atom is -0.506 e. The minimum atomic E-state index is 0.163. The Morgan fingerprint density at radius 3 is 2.65 bits per heavy atom. The maximum absolute atomic E-state index is 10.5. The summed E-state index contributed by atoms with van der Waals surface area (Å²) in [7, 11) is 1.65. The summed E-state index contributed by atoms with van der Waals surface area (Å²) in [5.41, 5.74) is 4.93. The molecule has 31 heavy (non-hydrogen) atoms. The van der Waals surface area contributed by atoms with Crippen LogP contribution in [-0.2, 0) is 0 Å². The van der Waals surface area contributed by atoms with Gasteiger partial charge in [-0.05, 0) is 37.3 Å². The molecule has 0 spiro atoms. The highest BCUT2D eigenvalue weighted by atomic mass is 16.5. The van der Waals surface area contributed by atoms with Gasteiger partial charge in [-0.2, -0.15) is 5.10 Å². The van der Waals surface area contributed by atoms with E-state index in [1.165, 1.54) is 0 Å². The number of benzene rings is 3. The molecular formula is C24H21N5O2. The molecule has 2 N–H and O–H groups in total. The first-order valence-electron chi connectivity index (χ1n) is 9.84. The van der Waals surface area contributed by atoms with E-state index < -0.39 is 0 Å². The third-order valence-corrected chi connectivity index (χ3v) is 5.10. The fraction of sp³-hybridized carbons (Fsp3) is 0.0833. The van der Waals surface area contributed by atoms with Gasteiger partial charge in [0.05, 0.1) is 36.2 Å². The van der Waals surface area contributed by atoms with Gasteiger partial charge >= 0.3 is 0 Å². The number of anilines is 2. The van der Waals surface area contributed by atoms with Crippen molar-refractivity contribution in [1.82, 2.24) is 19.3 Å². The Bertz CT molecular complexity index is 1390. The van der Waals surface area contributed by atoms with Gasteiger partial charge in [-0.25, -0.2) is 9.67 Å². The summed E-state index contributed by atoms with van der Waals surface area (Å²) in [6.45, 7) is 1.91. The number of phenolic OH excluding ortho intramolecular Hbond substituents is 1. The number of ether oxygens (including phenoxy) is 1. The third-order valence-electron chi connectivity index (χ3n) is 5.10. The molecule has 2 aromatic heterocycles. The van der Waals surface area contributed by atoms with Crippen LogP contribution in [0.4, 0.5) is 11.4 Å². The predicted molar refractivity (Wildman–Crippen MR) is 121 cm³/mol. The molecule has 3 aromatic carbocycles. The summed E-state index contributed by atoms with van der Waals surface area (Å²) < 4.78 is 8.95. The molecule has 2 heterocycles. The smallest absolute Gasteiger partial charge is 0.141 e. The first kappa shape index (κ1) is 18.7. The third kappa shape index (κ3) is 3.57. The van der Waals surface area contributed by atoms with Crippen LogP contribution in [0.1, 0.15) is 5.69 Å². The molecule has 0 unspecified atom stereocenters. The lowest BCUT2D eigenvalue weighted by atomic mass is 10.2. The second-order valence-electron chi connectivity index (χ2n) is 7.27. The highest BCUT2D eigenvalue weighted by molar-refractivity contribution is 5.92. The van der Waals surface area contributed by atoms with E-state index in [4.69, 9.17) is 9.84 Å². The maximum atomic E-state index is 10.5. The van der Waals surface area contributed by atoms with Crippen molar-refractivity contribution in [3.63, 3.8) is 0 Å². The van der Waals surface area contributed by atoms with Gasteiger partial charge in [-0.3, -0.25) is 0 Å². The molecule has 0 saturated carbocycles. The number of nitrogens with one attached hydrogen (secondary N) is 1. The number of hydrogen-bond donors (Lipinski definition) is 2. The minimum absolute atomic E-state index is 0.163. The van der Waals surface area contributed by atoms with Gasteiger partial charge in [0.15, 0.2) is 0 Å². The lowest BCUT2D eigenvalue weighted by Gasteiger charge is -2.10. The first-order valence-corrected chi connectivity index (χ1v) is 9.84. The van der Waals surface area contributed by atoms with Crippen LogP contribution in [0, 0.1) is 6.92 Å². The van der Waals surface area contributed by atoms with Gasteiger partial charge in [0.25, 0.3) is 0 Å². The standard InChI is InChI=1S/C24H21N5O2/c1-16-13-28(15-25-16)22-10-9-18(11-23(22)30)26-21-8-3-5-17-14-29(27-24(17)21)19-6-4-7-20(12-19)31-2/h3-15,26,30H,1-2H3. The Balaban J connectivity index is 1.48. The van der Waals surface area contributed by atoms with E-state index in [9.17, 15) is 5.11 Å². The van der Waals surface area contributed by atoms with E-state index in [1.807, 2.05) is 78.6 Å². The van der Waals surface area contributed by atoms with Crippen molar-refractivity contribution in [3.05, 3.63) is 85.1 Å². The van der Waals surface area contributed by atoms with E-state index in [1.54, 1.807) is 24.1 Å². The van der Waals surface area contributed by atoms with E-state index in [-0.39, 0.29) is 5.75 Å². The van der Waals surface area contributed by atoms with Gasteiger partial charge in [-0.15, -0.1) is 0 Å². The van der Waals surface area contributed by atoms with E-state index >= 15 is 0 Å². The molecule has 7 heteroatoms. The average Bonchev–Trinajstić information content (AvgIpc) is 3.41. The number of imidazole rings is 1. The molecule has 7 nitrogen and oxygen atoms in total. The van der Waals surface area contributed by atoms with Gasteiger partial charge in [-0.1, -0.05) is 18.2 Å². The summed E-state index contributed by atoms with van der Waals surface area (Å²) in [5, 5.41) is 19.7. The average molecular weight is 411 g/mol. The summed E-state index contributed by atoms with van der Waals surface area (Å²) >= 11 is 0. The molecule has 5 rings (SSSR count). The molecule has 0 radical (unpaired) electrons. The lowest BCUT2D eigenvalue weighted by Crippen LogP contribution is -1.96. The van der Waals surface area contributed by atoms with Crippen LogP contribution in [0.5, 0.6) is 11.5 Å². The van der Waals surface area contributed by atoms with Crippen LogP contribution < -0.4 is 10.1 Å². The number of methoxy groups -OCH3 is 1. The van der Waals surface area contributed by atoms with Gasteiger partial charge in [0.1, 0.15) is 17.0 Å². The largest absolute Gasteiger partial charge is 0.506 e. The summed E-state index contributed by atoms with van der Waals surface area (Å²) in [6, 6.07) is 19.2. The molecule has 154 valence electrons. The van der Waals surface area contributed by atoms with E-state index in [0.29, 0.717) is 5.69 Å². The predicted octanol–water partition coefficient (Wildman–Crippen LogP) is 4.98. The zero-order valence-electron chi connectivity index (χ0n) is 17.1. The number of phenols is 1. The zero-order chi connectivity index (χ0) is 21.4. The number of hydrogen-bond acceptors (Lipinski definition) is 5. The van der Waals surface area contributed by atoms with Crippen molar-refractivity contribution in [3.8, 4) is 22.9 Å². The van der Waals surface area contributed by atoms with Crippen molar-refractivity contribution in [2.75, 3.05) is 12.4 Å². The number of aromatic hydroxyl groups is 1. The van der Waals surface area contributed by atoms with Gasteiger partial charge in [0.2, 0.25) is 0 Å². The lowest BCUT2D eigenvalue weighted by molar-refractivity contribution is 0.414. The maximum Gasteiger partial charge on any atom is 0.141 e. The quantitative estimate of drug-likeness (QED) is 0.427. The Kier molecular flexibility index (Phi) is 4.55. The Labute approximate surface area is 179 Å². The first-order chi connectivity index (χ1) is 15.1. The summed E-state index contributed by atoms with van der Waals surface area (Å²) in [4.78, 5) is 4.21. The number of fused-ring (bicyclic) bond motifs is 1. The van der Waals surface area contributed by atoms with Crippen molar-refractivity contribution in [2.24, 2.45) is 0 Å². The molecule has 0 aliphatic carbocycles. The summed E-state index contributed by atoms with van der Waals surface area (Å²) in [5.74, 6) is 0.940. The van der Waals surface area contributed by atoms with Crippen molar-refractivity contribution >= 4 is 22.3 Å². The molecule has 0 fully saturated rings. The molecule has 0 atom stereocenters. The number of aromatic nitrogens is 4. The Hall–Kier alpha value is -4.26. The van der Waals surface area contributed by atoms with Crippen LogP contribution in [0.2, 0.25) is 0 Å². The highest BCUT2D eigenvalue weighted by Crippen LogP contribution is 2.30. The van der Waals surface area contributed by atoms with Crippen LogP contribution in [0.3, 0.4) is 0 Å². The fourth-order valence-corrected chi connectivity index (χ4v) is 3.56. The molecule has 5 aromatic rings.